The van der Waals surface area contributed by atoms with Gasteiger partial charge in [-0.2, -0.15) is 0 Å². The van der Waals surface area contributed by atoms with E-state index >= 15 is 0 Å². The highest BCUT2D eigenvalue weighted by molar-refractivity contribution is 7.99. The molecule has 0 saturated carbocycles. The zero-order valence-corrected chi connectivity index (χ0v) is 19.7. The average molecular weight is 491 g/mol. The predicted molar refractivity (Wildman–Crippen MR) is 139 cm³/mol. The molecule has 0 aliphatic rings. The molecule has 0 fully saturated rings. The number of carbonyl (C=O) groups is 1. The van der Waals surface area contributed by atoms with E-state index in [1.54, 1.807) is 22.9 Å². The van der Waals surface area contributed by atoms with Crippen LogP contribution in [0, 0.1) is 0 Å². The van der Waals surface area contributed by atoms with Gasteiger partial charge < -0.3 is 5.32 Å². The minimum absolute atomic E-state index is 0.0509. The van der Waals surface area contributed by atoms with E-state index < -0.39 is 0 Å². The molecule has 172 valence electrons. The number of anilines is 1. The van der Waals surface area contributed by atoms with Gasteiger partial charge in [0.05, 0.1) is 16.7 Å². The number of pyridine rings is 1. The summed E-state index contributed by atoms with van der Waals surface area (Å²) in [6, 6.07) is 22.3. The molecule has 0 bridgehead atoms. The van der Waals surface area contributed by atoms with Crippen LogP contribution in [0.25, 0.3) is 10.9 Å². The molecule has 4 aromatic rings. The van der Waals surface area contributed by atoms with E-state index in [9.17, 15) is 9.59 Å². The van der Waals surface area contributed by atoms with Crippen molar-refractivity contribution in [3.63, 3.8) is 0 Å². The molecule has 0 aliphatic carbocycles. The minimum atomic E-state index is -0.305. The van der Waals surface area contributed by atoms with E-state index in [-0.39, 0.29) is 22.3 Å². The van der Waals surface area contributed by atoms with Crippen molar-refractivity contribution in [3.05, 3.63) is 95.0 Å². The number of thiocarbonyl (C=S) groups is 1. The number of para-hydroxylation sites is 2. The fraction of sp³-hybridized carbons (Fsp3) is 0.125. The van der Waals surface area contributed by atoms with Gasteiger partial charge in [-0.05, 0) is 48.6 Å². The van der Waals surface area contributed by atoms with E-state index in [1.807, 2.05) is 60.7 Å². The number of aryl methyl sites for hydroxylation is 1. The molecule has 0 atom stereocenters. The number of fused-ring (bicyclic) bond motifs is 1. The first kappa shape index (κ1) is 23.4. The number of carbonyl (C=O) groups excluding carboxylic acids is 1. The summed E-state index contributed by atoms with van der Waals surface area (Å²) >= 11 is 6.39. The molecule has 34 heavy (non-hydrogen) atoms. The summed E-state index contributed by atoms with van der Waals surface area (Å²) < 4.78 is 1.60. The lowest BCUT2D eigenvalue weighted by molar-refractivity contribution is -0.119. The van der Waals surface area contributed by atoms with Gasteiger partial charge in [-0.3, -0.25) is 30.0 Å². The van der Waals surface area contributed by atoms with Crippen molar-refractivity contribution >= 4 is 51.6 Å². The number of nitrogens with zero attached hydrogens (tertiary/aromatic N) is 3. The Labute approximate surface area is 205 Å². The lowest BCUT2D eigenvalue weighted by atomic mass is 10.2. The highest BCUT2D eigenvalue weighted by Gasteiger charge is 2.14. The zero-order chi connectivity index (χ0) is 23.8. The Hall–Kier alpha value is -3.76. The second kappa shape index (κ2) is 11.4. The van der Waals surface area contributed by atoms with Crippen LogP contribution < -0.4 is 21.7 Å². The van der Waals surface area contributed by atoms with E-state index in [1.165, 1.54) is 11.8 Å². The molecule has 0 spiro atoms. The average Bonchev–Trinajstić information content (AvgIpc) is 2.87. The summed E-state index contributed by atoms with van der Waals surface area (Å²) in [6.45, 7) is 0.404. The Bertz CT molecular complexity index is 1350. The molecule has 4 rings (SSSR count). The van der Waals surface area contributed by atoms with Gasteiger partial charge in [0.15, 0.2) is 10.3 Å². The molecule has 1 amide bonds. The van der Waals surface area contributed by atoms with Gasteiger partial charge in [-0.25, -0.2) is 4.98 Å². The summed E-state index contributed by atoms with van der Waals surface area (Å²) in [7, 11) is 0. The Balaban J connectivity index is 1.42. The quantitative estimate of drug-likeness (QED) is 0.157. The van der Waals surface area contributed by atoms with Crippen LogP contribution in [0.1, 0.15) is 5.69 Å². The normalized spacial score (nSPS) is 10.6. The van der Waals surface area contributed by atoms with Crippen molar-refractivity contribution in [1.82, 2.24) is 25.4 Å². The fourth-order valence-electron chi connectivity index (χ4n) is 3.20. The first-order chi connectivity index (χ1) is 16.6. The van der Waals surface area contributed by atoms with Crippen molar-refractivity contribution < 1.29 is 4.79 Å². The summed E-state index contributed by atoms with van der Waals surface area (Å²) in [5.74, 6) is -0.254. The fourth-order valence-corrected chi connectivity index (χ4v) is 4.20. The molecule has 0 radical (unpaired) electrons. The topological polar surface area (TPSA) is 101 Å². The molecule has 2 heterocycles. The highest BCUT2D eigenvalue weighted by Crippen LogP contribution is 2.18. The van der Waals surface area contributed by atoms with Crippen LogP contribution in [0.2, 0.25) is 0 Å². The molecule has 10 heteroatoms. The maximum atomic E-state index is 13.2. The number of hydrazine groups is 1. The second-order valence-electron chi connectivity index (χ2n) is 7.22. The van der Waals surface area contributed by atoms with Gasteiger partial charge in [-0.15, -0.1) is 0 Å². The van der Waals surface area contributed by atoms with Gasteiger partial charge in [-0.1, -0.05) is 48.2 Å². The summed E-state index contributed by atoms with van der Waals surface area (Å²) in [4.78, 5) is 34.5. The van der Waals surface area contributed by atoms with E-state index in [4.69, 9.17) is 12.2 Å². The standard InChI is InChI=1S/C24H22N6O2S2/c31-21(28-29-23(33)26-18-9-2-1-3-10-18)16-34-24-27-20-12-5-4-11-19(20)22(32)30(24)15-13-17-8-6-7-14-25-17/h1-12,14H,13,15-16H2,(H,28,31)(H2,26,29,33). The zero-order valence-electron chi connectivity index (χ0n) is 18.1. The number of hydrogen-bond acceptors (Lipinski definition) is 6. The van der Waals surface area contributed by atoms with Gasteiger partial charge in [0.25, 0.3) is 5.56 Å². The van der Waals surface area contributed by atoms with Crippen molar-refractivity contribution in [2.24, 2.45) is 0 Å². The molecule has 2 aromatic carbocycles. The molecule has 0 unspecified atom stereocenters. The van der Waals surface area contributed by atoms with Crippen LogP contribution in [0.15, 0.2) is 88.9 Å². The summed E-state index contributed by atoms with van der Waals surface area (Å²) in [6.07, 6.45) is 2.29. The molecule has 8 nitrogen and oxygen atoms in total. The smallest absolute Gasteiger partial charge is 0.262 e. The first-order valence-corrected chi connectivity index (χ1v) is 11.9. The monoisotopic (exact) mass is 490 g/mol. The maximum Gasteiger partial charge on any atom is 0.262 e. The van der Waals surface area contributed by atoms with Crippen LogP contribution in [-0.4, -0.2) is 31.3 Å². The number of aromatic nitrogens is 3. The SMILES string of the molecule is O=C(CSc1nc2ccccc2c(=O)n1CCc1ccccn1)NNC(=S)Nc1ccccc1. The van der Waals surface area contributed by atoms with Crippen LogP contribution in [-0.2, 0) is 17.8 Å². The van der Waals surface area contributed by atoms with E-state index in [0.29, 0.717) is 29.0 Å². The summed E-state index contributed by atoms with van der Waals surface area (Å²) in [5.41, 5.74) is 7.38. The third-order valence-electron chi connectivity index (χ3n) is 4.82. The van der Waals surface area contributed by atoms with Crippen LogP contribution in [0.3, 0.4) is 0 Å². The van der Waals surface area contributed by atoms with Gasteiger partial charge in [0, 0.05) is 30.5 Å². The van der Waals surface area contributed by atoms with E-state index in [2.05, 4.69) is 26.1 Å². The third kappa shape index (κ3) is 6.18. The molecular formula is C24H22N6O2S2. The van der Waals surface area contributed by atoms with Crippen molar-refractivity contribution in [1.29, 1.82) is 0 Å². The van der Waals surface area contributed by atoms with Gasteiger partial charge >= 0.3 is 0 Å². The minimum Gasteiger partial charge on any atom is -0.331 e. The van der Waals surface area contributed by atoms with Crippen molar-refractivity contribution in [2.75, 3.05) is 11.1 Å². The first-order valence-electron chi connectivity index (χ1n) is 10.5. The Morgan fingerprint density at radius 1 is 0.971 bits per heavy atom. The maximum absolute atomic E-state index is 13.2. The number of hydrogen-bond donors (Lipinski definition) is 3. The highest BCUT2D eigenvalue weighted by atomic mass is 32.2. The van der Waals surface area contributed by atoms with Crippen LogP contribution in [0.4, 0.5) is 5.69 Å². The largest absolute Gasteiger partial charge is 0.331 e. The lowest BCUT2D eigenvalue weighted by Gasteiger charge is -2.14. The number of rotatable bonds is 7. The van der Waals surface area contributed by atoms with E-state index in [0.717, 1.165) is 11.4 Å². The predicted octanol–water partition coefficient (Wildman–Crippen LogP) is 3.14. The number of nitrogens with one attached hydrogen (secondary N) is 3. The summed E-state index contributed by atoms with van der Waals surface area (Å²) in [5, 5.41) is 4.25. The second-order valence-corrected chi connectivity index (χ2v) is 8.57. The number of amides is 1. The third-order valence-corrected chi connectivity index (χ3v) is 6.00. The molecule has 2 aromatic heterocycles. The molecule has 3 N–H and O–H groups in total. The van der Waals surface area contributed by atoms with Crippen LogP contribution >= 0.6 is 24.0 Å². The number of thioether (sulfide) groups is 1. The Morgan fingerprint density at radius 2 is 1.74 bits per heavy atom. The molecular weight excluding hydrogens is 468 g/mol. The molecule has 0 saturated heterocycles. The van der Waals surface area contributed by atoms with Crippen molar-refractivity contribution in [3.8, 4) is 0 Å². The van der Waals surface area contributed by atoms with Gasteiger partial charge in [0.2, 0.25) is 5.91 Å². The van der Waals surface area contributed by atoms with Gasteiger partial charge in [0.1, 0.15) is 0 Å². The Kier molecular flexibility index (Phi) is 7.84. The lowest BCUT2D eigenvalue weighted by Crippen LogP contribution is -2.44. The van der Waals surface area contributed by atoms with Crippen molar-refractivity contribution in [2.45, 2.75) is 18.1 Å². The van der Waals surface area contributed by atoms with Crippen LogP contribution in [0.5, 0.6) is 0 Å². The molecule has 0 aliphatic heterocycles. The number of benzene rings is 2. The Morgan fingerprint density at radius 3 is 2.53 bits per heavy atom.